The summed E-state index contributed by atoms with van der Waals surface area (Å²) in [6.07, 6.45) is 2.89. The minimum absolute atomic E-state index is 0.243. The normalized spacial score (nSPS) is 16.9. The van der Waals surface area contributed by atoms with Gasteiger partial charge in [-0.1, -0.05) is 0 Å². The average molecular weight is 155 g/mol. The Balaban J connectivity index is 2.42. The molecular formula is C8H7F2N. The predicted octanol–water partition coefficient (Wildman–Crippen LogP) is 2.24. The van der Waals surface area contributed by atoms with Crippen LogP contribution >= 0.6 is 0 Å². The molecule has 0 radical (unpaired) electrons. The van der Waals surface area contributed by atoms with Crippen molar-refractivity contribution in [3.63, 3.8) is 0 Å². The van der Waals surface area contributed by atoms with Crippen LogP contribution in [0.5, 0.6) is 0 Å². The van der Waals surface area contributed by atoms with Crippen LogP contribution in [0.4, 0.5) is 8.78 Å². The quantitative estimate of drug-likeness (QED) is 0.567. The molecule has 0 aliphatic heterocycles. The fraction of sp³-hybridized carbons (Fsp3) is 0.375. The highest BCUT2D eigenvalue weighted by molar-refractivity contribution is 5.22. The lowest BCUT2D eigenvalue weighted by atomic mass is 10.2. The molecule has 0 spiro atoms. The zero-order valence-corrected chi connectivity index (χ0v) is 5.85. The number of hydrogen-bond donors (Lipinski definition) is 0. The van der Waals surface area contributed by atoms with Crippen molar-refractivity contribution in [3.05, 3.63) is 29.6 Å². The highest BCUT2D eigenvalue weighted by atomic mass is 19.1. The summed E-state index contributed by atoms with van der Waals surface area (Å²) in [4.78, 5) is 3.21. The van der Waals surface area contributed by atoms with Crippen molar-refractivity contribution in [2.24, 2.45) is 0 Å². The van der Waals surface area contributed by atoms with E-state index in [0.717, 1.165) is 19.0 Å². The lowest BCUT2D eigenvalue weighted by Crippen LogP contribution is -1.91. The summed E-state index contributed by atoms with van der Waals surface area (Å²) in [6, 6.07) is 1.19. The molecule has 11 heavy (non-hydrogen) atoms. The van der Waals surface area contributed by atoms with Gasteiger partial charge in [-0.25, -0.2) is 9.37 Å². The Morgan fingerprint density at radius 2 is 2.09 bits per heavy atom. The highest BCUT2D eigenvalue weighted by Crippen LogP contribution is 2.40. The molecule has 1 fully saturated rings. The van der Waals surface area contributed by atoms with E-state index in [2.05, 4.69) is 4.98 Å². The van der Waals surface area contributed by atoms with Crippen LogP contribution in [-0.2, 0) is 0 Å². The first-order valence-corrected chi connectivity index (χ1v) is 3.58. The molecule has 0 unspecified atom stereocenters. The lowest BCUT2D eigenvalue weighted by Gasteiger charge is -1.97. The van der Waals surface area contributed by atoms with E-state index in [-0.39, 0.29) is 11.7 Å². The molecular weight excluding hydrogens is 148 g/mol. The molecule has 0 bridgehead atoms. The smallest absolute Gasteiger partial charge is 0.213 e. The summed E-state index contributed by atoms with van der Waals surface area (Å²) in [5.74, 6) is -0.727. The molecule has 1 aromatic heterocycles. The molecule has 0 N–H and O–H groups in total. The van der Waals surface area contributed by atoms with Gasteiger partial charge in [-0.05, 0) is 30.4 Å². The van der Waals surface area contributed by atoms with Crippen LogP contribution in [0.1, 0.15) is 24.3 Å². The highest BCUT2D eigenvalue weighted by Gasteiger charge is 2.26. The van der Waals surface area contributed by atoms with Gasteiger partial charge in [0.15, 0.2) is 0 Å². The number of aromatic nitrogens is 1. The molecule has 1 aliphatic rings. The fourth-order valence-corrected chi connectivity index (χ4v) is 1.13. The van der Waals surface area contributed by atoms with Gasteiger partial charge in [0.05, 0.1) is 6.20 Å². The minimum atomic E-state index is -0.590. The summed E-state index contributed by atoms with van der Waals surface area (Å²) in [5.41, 5.74) is 0.484. The molecule has 58 valence electrons. The maximum Gasteiger partial charge on any atom is 0.213 e. The Morgan fingerprint density at radius 3 is 2.73 bits per heavy atom. The monoisotopic (exact) mass is 155 g/mol. The number of rotatable bonds is 1. The van der Waals surface area contributed by atoms with Crippen molar-refractivity contribution in [2.45, 2.75) is 18.8 Å². The number of pyridine rings is 1. The first kappa shape index (κ1) is 6.70. The second-order valence-electron chi connectivity index (χ2n) is 2.80. The Bertz CT molecular complexity index is 281. The van der Waals surface area contributed by atoms with Crippen molar-refractivity contribution in [1.82, 2.24) is 4.98 Å². The molecule has 0 atom stereocenters. The van der Waals surface area contributed by atoms with Gasteiger partial charge in [-0.15, -0.1) is 0 Å². The molecule has 0 saturated heterocycles. The number of nitrogens with zero attached hydrogens (tertiary/aromatic N) is 1. The third-order valence-electron chi connectivity index (χ3n) is 1.87. The van der Waals surface area contributed by atoms with Crippen LogP contribution in [-0.4, -0.2) is 4.98 Å². The zero-order chi connectivity index (χ0) is 7.84. The van der Waals surface area contributed by atoms with Crippen LogP contribution in [0.2, 0.25) is 0 Å². The van der Waals surface area contributed by atoms with E-state index < -0.39 is 5.95 Å². The van der Waals surface area contributed by atoms with Gasteiger partial charge in [0.1, 0.15) is 5.82 Å². The summed E-state index contributed by atoms with van der Waals surface area (Å²) in [5, 5.41) is 0. The first-order valence-electron chi connectivity index (χ1n) is 3.58. The van der Waals surface area contributed by atoms with Crippen LogP contribution in [0.3, 0.4) is 0 Å². The molecule has 3 heteroatoms. The van der Waals surface area contributed by atoms with Gasteiger partial charge in [-0.2, -0.15) is 4.39 Å². The van der Waals surface area contributed by atoms with Crippen molar-refractivity contribution >= 4 is 0 Å². The Morgan fingerprint density at radius 1 is 1.36 bits per heavy atom. The Hall–Kier alpha value is -0.990. The zero-order valence-electron chi connectivity index (χ0n) is 5.85. The van der Waals surface area contributed by atoms with Crippen LogP contribution in [0.15, 0.2) is 12.3 Å². The molecule has 1 heterocycles. The van der Waals surface area contributed by atoms with Crippen molar-refractivity contribution < 1.29 is 8.78 Å². The van der Waals surface area contributed by atoms with Gasteiger partial charge < -0.3 is 0 Å². The molecule has 0 amide bonds. The standard InChI is InChI=1S/C8H7F2N/c9-7-4-11-8(10)3-6(7)5-1-2-5/h3-5H,1-2H2. The van der Waals surface area contributed by atoms with E-state index in [9.17, 15) is 8.78 Å². The number of halogens is 2. The Kier molecular flexibility index (Phi) is 1.37. The largest absolute Gasteiger partial charge is 0.225 e. The first-order chi connectivity index (χ1) is 5.27. The lowest BCUT2D eigenvalue weighted by molar-refractivity contribution is 0.549. The molecule has 2 rings (SSSR count). The maximum atomic E-state index is 12.8. The molecule has 1 aliphatic carbocycles. The Labute approximate surface area is 63.1 Å². The third-order valence-corrected chi connectivity index (χ3v) is 1.87. The van der Waals surface area contributed by atoms with Gasteiger partial charge in [-0.3, -0.25) is 0 Å². The van der Waals surface area contributed by atoms with Crippen molar-refractivity contribution in [3.8, 4) is 0 Å². The van der Waals surface area contributed by atoms with E-state index >= 15 is 0 Å². The van der Waals surface area contributed by atoms with E-state index in [1.165, 1.54) is 6.07 Å². The third kappa shape index (κ3) is 1.23. The molecule has 1 aromatic rings. The van der Waals surface area contributed by atoms with Gasteiger partial charge in [0.25, 0.3) is 0 Å². The van der Waals surface area contributed by atoms with E-state index in [1.54, 1.807) is 0 Å². The van der Waals surface area contributed by atoms with Gasteiger partial charge in [0, 0.05) is 0 Å². The van der Waals surface area contributed by atoms with Crippen molar-refractivity contribution in [1.29, 1.82) is 0 Å². The van der Waals surface area contributed by atoms with Crippen LogP contribution < -0.4 is 0 Å². The second kappa shape index (κ2) is 2.26. The SMILES string of the molecule is Fc1cc(C2CC2)c(F)cn1. The topological polar surface area (TPSA) is 12.9 Å². The fourth-order valence-electron chi connectivity index (χ4n) is 1.13. The minimum Gasteiger partial charge on any atom is -0.225 e. The van der Waals surface area contributed by atoms with E-state index in [4.69, 9.17) is 0 Å². The molecule has 1 nitrogen and oxygen atoms in total. The van der Waals surface area contributed by atoms with E-state index in [1.807, 2.05) is 0 Å². The summed E-state index contributed by atoms with van der Waals surface area (Å²) in [6.45, 7) is 0. The average Bonchev–Trinajstić information content (AvgIpc) is 2.76. The molecule has 1 saturated carbocycles. The summed E-state index contributed by atoms with van der Waals surface area (Å²) >= 11 is 0. The predicted molar refractivity (Wildman–Crippen MR) is 36.1 cm³/mol. The summed E-state index contributed by atoms with van der Waals surface area (Å²) in [7, 11) is 0. The van der Waals surface area contributed by atoms with E-state index in [0.29, 0.717) is 5.56 Å². The van der Waals surface area contributed by atoms with Crippen LogP contribution in [0.25, 0.3) is 0 Å². The maximum absolute atomic E-state index is 12.8. The molecule has 0 aromatic carbocycles. The number of hydrogen-bond acceptors (Lipinski definition) is 1. The van der Waals surface area contributed by atoms with Gasteiger partial charge in [0.2, 0.25) is 5.95 Å². The van der Waals surface area contributed by atoms with Crippen molar-refractivity contribution in [2.75, 3.05) is 0 Å². The summed E-state index contributed by atoms with van der Waals surface area (Å²) < 4.78 is 25.3. The van der Waals surface area contributed by atoms with Crippen LogP contribution in [0, 0.1) is 11.8 Å². The van der Waals surface area contributed by atoms with Gasteiger partial charge >= 0.3 is 0 Å². The second-order valence-corrected chi connectivity index (χ2v) is 2.80.